The van der Waals surface area contributed by atoms with Gasteiger partial charge in [-0.3, -0.25) is 0 Å². The summed E-state index contributed by atoms with van der Waals surface area (Å²) >= 11 is 0. The van der Waals surface area contributed by atoms with Gasteiger partial charge in [-0.25, -0.2) is 13.2 Å². The van der Waals surface area contributed by atoms with E-state index in [4.69, 9.17) is 20.6 Å². The number of methoxy groups -OCH3 is 1. The third-order valence-corrected chi connectivity index (χ3v) is 7.17. The average molecular weight is 457 g/mol. The summed E-state index contributed by atoms with van der Waals surface area (Å²) in [5.74, 6) is 2.59. The topological polar surface area (TPSA) is 85.4 Å². The standard InChI is InChI=1S/C22H36N2O6S/c1-7-10-20(28-6)14-18(4)21(11-8-2)31(26,27)24-13-12-23(5)15-19(24)16-29-17-22(25)30-9-3/h1,14,19H,8-13,15-17H2,2-6H3/b20-14+,21-18+. The molecule has 0 aromatic rings. The number of piperazine rings is 1. The molecule has 1 fully saturated rings. The number of hydrogen-bond acceptors (Lipinski definition) is 7. The molecule has 1 aliphatic rings. The van der Waals surface area contributed by atoms with Crippen molar-refractivity contribution >= 4 is 16.0 Å². The van der Waals surface area contributed by atoms with E-state index in [-0.39, 0.29) is 26.2 Å². The van der Waals surface area contributed by atoms with Crippen LogP contribution in [0.4, 0.5) is 0 Å². The lowest BCUT2D eigenvalue weighted by Gasteiger charge is -2.39. The fraction of sp³-hybridized carbons (Fsp3) is 0.682. The number of carbonyl (C=O) groups excluding carboxylic acids is 1. The summed E-state index contributed by atoms with van der Waals surface area (Å²) in [6.45, 7) is 7.07. The lowest BCUT2D eigenvalue weighted by atomic mass is 10.2. The molecule has 1 heterocycles. The van der Waals surface area contributed by atoms with Crippen LogP contribution in [-0.4, -0.2) is 83.2 Å². The molecule has 0 spiro atoms. The second-order valence-electron chi connectivity index (χ2n) is 7.40. The molecule has 1 rings (SSSR count). The first-order valence-electron chi connectivity index (χ1n) is 10.5. The van der Waals surface area contributed by atoms with Crippen LogP contribution in [-0.2, 0) is 29.0 Å². The maximum Gasteiger partial charge on any atom is 0.332 e. The summed E-state index contributed by atoms with van der Waals surface area (Å²) in [4.78, 5) is 14.0. The van der Waals surface area contributed by atoms with Crippen molar-refractivity contribution in [2.45, 2.75) is 46.1 Å². The molecule has 1 aliphatic heterocycles. The third-order valence-electron chi connectivity index (χ3n) is 4.92. The minimum atomic E-state index is -3.75. The maximum atomic E-state index is 13.7. The fourth-order valence-corrected chi connectivity index (χ4v) is 5.48. The zero-order valence-electron chi connectivity index (χ0n) is 19.3. The van der Waals surface area contributed by atoms with E-state index < -0.39 is 22.0 Å². The Kier molecular flexibility index (Phi) is 11.9. The van der Waals surface area contributed by atoms with Crippen LogP contribution in [0.15, 0.2) is 22.3 Å². The van der Waals surface area contributed by atoms with E-state index in [2.05, 4.69) is 10.8 Å². The maximum absolute atomic E-state index is 13.7. The summed E-state index contributed by atoms with van der Waals surface area (Å²) in [7, 11) is -0.299. The molecule has 0 aromatic heterocycles. The molecule has 0 aliphatic carbocycles. The van der Waals surface area contributed by atoms with Crippen LogP contribution in [0.1, 0.15) is 40.0 Å². The Labute approximate surface area is 187 Å². The molecular weight excluding hydrogens is 420 g/mol. The van der Waals surface area contributed by atoms with E-state index in [0.29, 0.717) is 48.7 Å². The van der Waals surface area contributed by atoms with Gasteiger partial charge in [-0.2, -0.15) is 4.31 Å². The molecule has 0 bridgehead atoms. The molecule has 9 heteroatoms. The molecule has 0 aromatic carbocycles. The van der Waals surface area contributed by atoms with Gasteiger partial charge in [-0.1, -0.05) is 19.3 Å². The number of terminal acetylenes is 1. The van der Waals surface area contributed by atoms with E-state index in [1.54, 1.807) is 19.9 Å². The summed E-state index contributed by atoms with van der Waals surface area (Å²) in [5, 5.41) is 0. The molecule has 1 unspecified atom stereocenters. The average Bonchev–Trinajstić information content (AvgIpc) is 2.71. The van der Waals surface area contributed by atoms with Crippen molar-refractivity contribution in [2.75, 3.05) is 53.6 Å². The predicted molar refractivity (Wildman–Crippen MR) is 121 cm³/mol. The first kappa shape index (κ1) is 27.2. The van der Waals surface area contributed by atoms with Crippen molar-refractivity contribution in [1.29, 1.82) is 0 Å². The minimum Gasteiger partial charge on any atom is -0.500 e. The molecular formula is C22H36N2O6S. The molecule has 8 nitrogen and oxygen atoms in total. The second kappa shape index (κ2) is 13.5. The zero-order chi connectivity index (χ0) is 23.4. The van der Waals surface area contributed by atoms with Gasteiger partial charge in [0, 0.05) is 19.6 Å². The van der Waals surface area contributed by atoms with Crippen LogP contribution in [0.3, 0.4) is 0 Å². The molecule has 1 saturated heterocycles. The fourth-order valence-electron chi connectivity index (χ4n) is 3.43. The summed E-state index contributed by atoms with van der Waals surface area (Å²) < 4.78 is 44.5. The number of sulfonamides is 1. The first-order valence-corrected chi connectivity index (χ1v) is 12.0. The highest BCUT2D eigenvalue weighted by molar-refractivity contribution is 7.93. The quantitative estimate of drug-likeness (QED) is 0.192. The number of allylic oxidation sites excluding steroid dienone is 4. The van der Waals surface area contributed by atoms with Crippen LogP contribution in [0.5, 0.6) is 0 Å². The van der Waals surface area contributed by atoms with Gasteiger partial charge in [0.05, 0.1) is 37.7 Å². The van der Waals surface area contributed by atoms with Gasteiger partial charge >= 0.3 is 5.97 Å². The molecule has 1 atom stereocenters. The molecule has 31 heavy (non-hydrogen) atoms. The molecule has 0 amide bonds. The number of carbonyl (C=O) groups is 1. The Morgan fingerprint density at radius 3 is 2.58 bits per heavy atom. The number of rotatable bonds is 12. The van der Waals surface area contributed by atoms with Gasteiger partial charge in [0.2, 0.25) is 10.0 Å². The minimum absolute atomic E-state index is 0.108. The van der Waals surface area contributed by atoms with Crippen LogP contribution in [0, 0.1) is 12.3 Å². The molecule has 0 N–H and O–H groups in total. The number of esters is 1. The van der Waals surface area contributed by atoms with Crippen LogP contribution in [0.25, 0.3) is 0 Å². The van der Waals surface area contributed by atoms with Gasteiger partial charge in [-0.05, 0) is 39.0 Å². The van der Waals surface area contributed by atoms with Gasteiger partial charge in [0.1, 0.15) is 12.4 Å². The van der Waals surface area contributed by atoms with Crippen molar-refractivity contribution in [3.8, 4) is 12.3 Å². The molecule has 176 valence electrons. The summed E-state index contributed by atoms with van der Waals surface area (Å²) in [6, 6.07) is -0.408. The summed E-state index contributed by atoms with van der Waals surface area (Å²) in [5.41, 5.74) is 0.610. The first-order chi connectivity index (χ1) is 14.7. The summed E-state index contributed by atoms with van der Waals surface area (Å²) in [6.07, 6.45) is 8.43. The zero-order valence-corrected chi connectivity index (χ0v) is 20.2. The van der Waals surface area contributed by atoms with Gasteiger partial charge in [-0.15, -0.1) is 6.42 Å². The SMILES string of the molecule is C#CC/C(=C\C(C)=C(/CCC)S(=O)(=O)N1CCN(C)CC1COCC(=O)OCC)OC. The molecule has 0 saturated carbocycles. The smallest absolute Gasteiger partial charge is 0.332 e. The second-order valence-corrected chi connectivity index (χ2v) is 9.32. The Morgan fingerprint density at radius 1 is 1.29 bits per heavy atom. The Hall–Kier alpha value is -1.86. The van der Waals surface area contributed by atoms with Gasteiger partial charge < -0.3 is 19.1 Å². The molecule has 0 radical (unpaired) electrons. The monoisotopic (exact) mass is 456 g/mol. The third kappa shape index (κ3) is 8.30. The van der Waals surface area contributed by atoms with Gasteiger partial charge in [0.15, 0.2) is 0 Å². The highest BCUT2D eigenvalue weighted by Gasteiger charge is 2.37. The van der Waals surface area contributed by atoms with E-state index >= 15 is 0 Å². The Bertz CT molecular complexity index is 797. The number of hydrogen-bond donors (Lipinski definition) is 0. The van der Waals surface area contributed by atoms with Gasteiger partial charge in [0.25, 0.3) is 0 Å². The van der Waals surface area contributed by atoms with Crippen molar-refractivity contribution in [3.05, 3.63) is 22.3 Å². The normalized spacial score (nSPS) is 19.5. The Morgan fingerprint density at radius 2 is 2.00 bits per heavy atom. The number of likely N-dealkylation sites (N-methyl/N-ethyl adjacent to an activating group) is 1. The van der Waals surface area contributed by atoms with Crippen molar-refractivity contribution < 1.29 is 27.4 Å². The van der Waals surface area contributed by atoms with E-state index in [9.17, 15) is 13.2 Å². The predicted octanol–water partition coefficient (Wildman–Crippen LogP) is 2.14. The van der Waals surface area contributed by atoms with E-state index in [0.717, 1.165) is 0 Å². The largest absolute Gasteiger partial charge is 0.500 e. The van der Waals surface area contributed by atoms with Crippen LogP contribution >= 0.6 is 0 Å². The van der Waals surface area contributed by atoms with Crippen molar-refractivity contribution in [1.82, 2.24) is 9.21 Å². The highest BCUT2D eigenvalue weighted by atomic mass is 32.2. The van der Waals surface area contributed by atoms with Crippen molar-refractivity contribution in [2.24, 2.45) is 0 Å². The number of nitrogens with zero attached hydrogens (tertiary/aromatic N) is 2. The van der Waals surface area contributed by atoms with Crippen molar-refractivity contribution in [3.63, 3.8) is 0 Å². The van der Waals surface area contributed by atoms with E-state index in [1.807, 2.05) is 14.0 Å². The lowest BCUT2D eigenvalue weighted by molar-refractivity contribution is -0.149. The Balaban J connectivity index is 3.18. The van der Waals surface area contributed by atoms with Crippen LogP contribution < -0.4 is 0 Å². The van der Waals surface area contributed by atoms with E-state index in [1.165, 1.54) is 11.4 Å². The number of ether oxygens (including phenoxy) is 3. The lowest BCUT2D eigenvalue weighted by Crippen LogP contribution is -2.56. The highest BCUT2D eigenvalue weighted by Crippen LogP contribution is 2.27. The van der Waals surface area contributed by atoms with Crippen LogP contribution in [0.2, 0.25) is 0 Å².